The molecule has 1 aliphatic rings. The lowest BCUT2D eigenvalue weighted by molar-refractivity contribution is -0.122. The van der Waals surface area contributed by atoms with Crippen molar-refractivity contribution in [2.75, 3.05) is 5.32 Å². The number of nitrogens with zero attached hydrogens (tertiary/aromatic N) is 4. The van der Waals surface area contributed by atoms with E-state index in [1.54, 1.807) is 18.2 Å². The van der Waals surface area contributed by atoms with Crippen molar-refractivity contribution in [1.82, 2.24) is 25.5 Å². The first-order valence-corrected chi connectivity index (χ1v) is 10.1. The first-order chi connectivity index (χ1) is 14.6. The number of carbonyl (C=O) groups is 2. The van der Waals surface area contributed by atoms with E-state index in [9.17, 15) is 9.59 Å². The van der Waals surface area contributed by atoms with E-state index in [2.05, 4.69) is 26.0 Å². The molecule has 1 heterocycles. The van der Waals surface area contributed by atoms with E-state index in [-0.39, 0.29) is 24.4 Å². The highest BCUT2D eigenvalue weighted by atomic mass is 16.2. The van der Waals surface area contributed by atoms with Crippen LogP contribution in [-0.2, 0) is 11.3 Å². The molecule has 0 atom stereocenters. The summed E-state index contributed by atoms with van der Waals surface area (Å²) in [5, 5.41) is 18.3. The van der Waals surface area contributed by atoms with Crippen LogP contribution in [-0.4, -0.2) is 38.1 Å². The van der Waals surface area contributed by atoms with Crippen molar-refractivity contribution in [3.05, 3.63) is 59.7 Å². The SMILES string of the molecule is Cc1ccc(C(=O)Nc2ccccc2-c2nnn(CC(=O)NC3CCCC3)n2)cc1. The van der Waals surface area contributed by atoms with Crippen LogP contribution in [0.1, 0.15) is 41.6 Å². The molecule has 3 aromatic rings. The molecule has 0 unspecified atom stereocenters. The Morgan fingerprint density at radius 2 is 1.80 bits per heavy atom. The molecule has 1 fully saturated rings. The van der Waals surface area contributed by atoms with Crippen molar-refractivity contribution in [3.8, 4) is 11.4 Å². The maximum Gasteiger partial charge on any atom is 0.255 e. The fourth-order valence-electron chi connectivity index (χ4n) is 3.58. The predicted octanol–water partition coefficient (Wildman–Crippen LogP) is 2.96. The first-order valence-electron chi connectivity index (χ1n) is 10.1. The number of hydrogen-bond acceptors (Lipinski definition) is 5. The summed E-state index contributed by atoms with van der Waals surface area (Å²) in [6, 6.07) is 14.9. The number of rotatable bonds is 6. The van der Waals surface area contributed by atoms with Gasteiger partial charge in [-0.3, -0.25) is 9.59 Å². The maximum absolute atomic E-state index is 12.6. The number of hydrogen-bond donors (Lipinski definition) is 2. The number of aromatic nitrogens is 4. The van der Waals surface area contributed by atoms with Crippen LogP contribution >= 0.6 is 0 Å². The molecule has 2 amide bonds. The molecule has 4 rings (SSSR count). The van der Waals surface area contributed by atoms with Crippen molar-refractivity contribution in [2.24, 2.45) is 0 Å². The van der Waals surface area contributed by atoms with E-state index in [0.29, 0.717) is 22.6 Å². The van der Waals surface area contributed by atoms with Gasteiger partial charge in [0.25, 0.3) is 5.91 Å². The van der Waals surface area contributed by atoms with Crippen LogP contribution in [0, 0.1) is 6.92 Å². The Labute approximate surface area is 174 Å². The van der Waals surface area contributed by atoms with Gasteiger partial charge in [0.1, 0.15) is 6.54 Å². The van der Waals surface area contributed by atoms with E-state index < -0.39 is 0 Å². The van der Waals surface area contributed by atoms with Gasteiger partial charge in [0, 0.05) is 17.2 Å². The first kappa shape index (κ1) is 19.8. The van der Waals surface area contributed by atoms with Crippen LogP contribution in [0.5, 0.6) is 0 Å². The molecular formula is C22H24N6O2. The monoisotopic (exact) mass is 404 g/mol. The van der Waals surface area contributed by atoms with Crippen LogP contribution in [0.25, 0.3) is 11.4 Å². The van der Waals surface area contributed by atoms with Crippen molar-refractivity contribution >= 4 is 17.5 Å². The minimum Gasteiger partial charge on any atom is -0.352 e. The average molecular weight is 404 g/mol. The topological polar surface area (TPSA) is 102 Å². The second-order valence-electron chi connectivity index (χ2n) is 7.56. The summed E-state index contributed by atoms with van der Waals surface area (Å²) < 4.78 is 0. The van der Waals surface area contributed by atoms with Gasteiger partial charge in [-0.1, -0.05) is 42.7 Å². The van der Waals surface area contributed by atoms with Gasteiger partial charge in [0.05, 0.1) is 5.69 Å². The highest BCUT2D eigenvalue weighted by Crippen LogP contribution is 2.25. The minimum atomic E-state index is -0.217. The summed E-state index contributed by atoms with van der Waals surface area (Å²) in [4.78, 5) is 26.1. The lowest BCUT2D eigenvalue weighted by atomic mass is 10.1. The van der Waals surface area contributed by atoms with Gasteiger partial charge in [0.15, 0.2) is 0 Å². The molecule has 30 heavy (non-hydrogen) atoms. The summed E-state index contributed by atoms with van der Waals surface area (Å²) in [5.74, 6) is 0.0149. The highest BCUT2D eigenvalue weighted by Gasteiger charge is 2.19. The number of anilines is 1. The third-order valence-electron chi connectivity index (χ3n) is 5.19. The van der Waals surface area contributed by atoms with Crippen LogP contribution < -0.4 is 10.6 Å². The molecule has 0 aliphatic heterocycles. The van der Waals surface area contributed by atoms with Crippen molar-refractivity contribution in [2.45, 2.75) is 45.2 Å². The molecule has 1 saturated carbocycles. The summed E-state index contributed by atoms with van der Waals surface area (Å²) >= 11 is 0. The Bertz CT molecular complexity index is 1040. The molecule has 154 valence electrons. The third-order valence-corrected chi connectivity index (χ3v) is 5.19. The summed E-state index contributed by atoms with van der Waals surface area (Å²) in [7, 11) is 0. The molecule has 1 aliphatic carbocycles. The lowest BCUT2D eigenvalue weighted by Crippen LogP contribution is -2.35. The van der Waals surface area contributed by atoms with Gasteiger partial charge in [-0.15, -0.1) is 10.2 Å². The molecule has 1 aromatic heterocycles. The van der Waals surface area contributed by atoms with Gasteiger partial charge < -0.3 is 10.6 Å². The number of para-hydroxylation sites is 1. The van der Waals surface area contributed by atoms with E-state index in [4.69, 9.17) is 0 Å². The van der Waals surface area contributed by atoms with Crippen LogP contribution in [0.4, 0.5) is 5.69 Å². The number of nitrogens with one attached hydrogen (secondary N) is 2. The van der Waals surface area contributed by atoms with Crippen molar-refractivity contribution in [3.63, 3.8) is 0 Å². The molecule has 0 radical (unpaired) electrons. The zero-order valence-electron chi connectivity index (χ0n) is 16.8. The van der Waals surface area contributed by atoms with Gasteiger partial charge in [0.2, 0.25) is 11.7 Å². The molecule has 8 nitrogen and oxygen atoms in total. The highest BCUT2D eigenvalue weighted by molar-refractivity contribution is 6.06. The maximum atomic E-state index is 12.6. The number of aryl methyl sites for hydroxylation is 1. The zero-order chi connectivity index (χ0) is 20.9. The summed E-state index contributed by atoms with van der Waals surface area (Å²) in [6.07, 6.45) is 4.36. The second kappa shape index (κ2) is 8.86. The van der Waals surface area contributed by atoms with Gasteiger partial charge in [-0.05, 0) is 49.2 Å². The Morgan fingerprint density at radius 1 is 1.07 bits per heavy atom. The fraction of sp³-hybridized carbons (Fsp3) is 0.318. The van der Waals surface area contributed by atoms with Crippen LogP contribution in [0.2, 0.25) is 0 Å². The van der Waals surface area contributed by atoms with Crippen LogP contribution in [0.3, 0.4) is 0 Å². The Balaban J connectivity index is 1.46. The summed E-state index contributed by atoms with van der Waals surface area (Å²) in [5.41, 5.74) is 2.87. The molecular weight excluding hydrogens is 380 g/mol. The van der Waals surface area contributed by atoms with Crippen LogP contribution in [0.15, 0.2) is 48.5 Å². The van der Waals surface area contributed by atoms with Crippen molar-refractivity contribution in [1.29, 1.82) is 0 Å². The van der Waals surface area contributed by atoms with Gasteiger partial charge >= 0.3 is 0 Å². The minimum absolute atomic E-state index is 0.0153. The van der Waals surface area contributed by atoms with E-state index in [1.165, 1.54) is 4.80 Å². The van der Waals surface area contributed by atoms with E-state index in [0.717, 1.165) is 31.2 Å². The second-order valence-corrected chi connectivity index (χ2v) is 7.56. The van der Waals surface area contributed by atoms with Gasteiger partial charge in [-0.2, -0.15) is 4.80 Å². The van der Waals surface area contributed by atoms with Crippen molar-refractivity contribution < 1.29 is 9.59 Å². The molecule has 2 aromatic carbocycles. The molecule has 0 saturated heterocycles. The zero-order valence-corrected chi connectivity index (χ0v) is 16.8. The summed E-state index contributed by atoms with van der Waals surface area (Å²) in [6.45, 7) is 1.99. The Hall–Kier alpha value is -3.55. The largest absolute Gasteiger partial charge is 0.352 e. The Kier molecular flexibility index (Phi) is 5.83. The smallest absolute Gasteiger partial charge is 0.255 e. The molecule has 8 heteroatoms. The third kappa shape index (κ3) is 4.71. The number of carbonyl (C=O) groups excluding carboxylic acids is 2. The van der Waals surface area contributed by atoms with E-state index in [1.807, 2.05) is 37.3 Å². The molecule has 2 N–H and O–H groups in total. The quantitative estimate of drug-likeness (QED) is 0.658. The molecule has 0 bridgehead atoms. The number of amides is 2. The van der Waals surface area contributed by atoms with Gasteiger partial charge in [-0.25, -0.2) is 0 Å². The number of benzene rings is 2. The normalized spacial score (nSPS) is 13.9. The molecule has 0 spiro atoms. The number of tetrazole rings is 1. The fourth-order valence-corrected chi connectivity index (χ4v) is 3.58. The Morgan fingerprint density at radius 3 is 2.57 bits per heavy atom. The lowest BCUT2D eigenvalue weighted by Gasteiger charge is -2.10. The average Bonchev–Trinajstić information content (AvgIpc) is 3.41. The standard InChI is InChI=1S/C22H24N6O2/c1-15-10-12-16(13-11-15)22(30)24-19-9-5-4-8-18(19)21-25-27-28(26-21)14-20(29)23-17-6-2-3-7-17/h4-5,8-13,17H,2-3,6-7,14H2,1H3,(H,23,29)(H,24,30). The predicted molar refractivity (Wildman–Crippen MR) is 113 cm³/mol. The van der Waals surface area contributed by atoms with E-state index >= 15 is 0 Å².